The lowest BCUT2D eigenvalue weighted by Crippen LogP contribution is -2.21. The Bertz CT molecular complexity index is 835. The third kappa shape index (κ3) is 6.26. The normalized spacial score (nSPS) is 10.2. The molecule has 1 heterocycles. The number of ketones is 1. The molecule has 144 valence electrons. The van der Waals surface area contributed by atoms with Gasteiger partial charge in [0.25, 0.3) is 5.91 Å². The maximum atomic E-state index is 11.9. The van der Waals surface area contributed by atoms with Gasteiger partial charge >= 0.3 is 5.97 Å². The Balaban J connectivity index is 1.76. The molecule has 0 saturated carbocycles. The lowest BCUT2D eigenvalue weighted by molar-refractivity contribution is -0.147. The van der Waals surface area contributed by atoms with Crippen LogP contribution in [-0.4, -0.2) is 38.5 Å². The van der Waals surface area contributed by atoms with E-state index in [9.17, 15) is 14.4 Å². The molecule has 1 N–H and O–H groups in total. The molecule has 0 aliphatic heterocycles. The van der Waals surface area contributed by atoms with E-state index in [1.807, 2.05) is 0 Å². The molecule has 1 amide bonds. The lowest BCUT2D eigenvalue weighted by Gasteiger charge is -2.10. The maximum absolute atomic E-state index is 11.9. The number of carbonyl (C=O) groups is 3. The minimum atomic E-state index is -0.631. The molecule has 1 aromatic carbocycles. The van der Waals surface area contributed by atoms with Gasteiger partial charge in [0.1, 0.15) is 0 Å². The molecular formula is C18H18ClNO6S. The first kappa shape index (κ1) is 20.7. The second kappa shape index (κ2) is 9.94. The highest BCUT2D eigenvalue weighted by atomic mass is 35.5. The van der Waals surface area contributed by atoms with Crippen molar-refractivity contribution in [1.29, 1.82) is 0 Å². The highest BCUT2D eigenvalue weighted by Crippen LogP contribution is 2.29. The van der Waals surface area contributed by atoms with Crippen molar-refractivity contribution >= 4 is 46.3 Å². The Morgan fingerprint density at radius 1 is 1.04 bits per heavy atom. The summed E-state index contributed by atoms with van der Waals surface area (Å²) in [4.78, 5) is 36.0. The third-order valence-electron chi connectivity index (χ3n) is 3.44. The summed E-state index contributed by atoms with van der Waals surface area (Å²) in [6.45, 7) is -0.452. The van der Waals surface area contributed by atoms with Crippen LogP contribution in [0.15, 0.2) is 30.3 Å². The van der Waals surface area contributed by atoms with Crippen molar-refractivity contribution < 1.29 is 28.6 Å². The molecule has 0 saturated heterocycles. The summed E-state index contributed by atoms with van der Waals surface area (Å²) in [7, 11) is 2.99. The van der Waals surface area contributed by atoms with Gasteiger partial charge in [-0.1, -0.05) is 11.6 Å². The zero-order chi connectivity index (χ0) is 19.8. The van der Waals surface area contributed by atoms with E-state index < -0.39 is 18.5 Å². The number of nitrogens with one attached hydrogen (secondary N) is 1. The zero-order valence-electron chi connectivity index (χ0n) is 14.7. The number of hydrogen-bond acceptors (Lipinski definition) is 7. The number of amides is 1. The Morgan fingerprint density at radius 2 is 1.78 bits per heavy atom. The van der Waals surface area contributed by atoms with E-state index in [4.69, 9.17) is 25.8 Å². The molecule has 1 aromatic heterocycles. The molecule has 9 heteroatoms. The number of halogens is 1. The molecular weight excluding hydrogens is 394 g/mol. The van der Waals surface area contributed by atoms with E-state index in [2.05, 4.69) is 5.32 Å². The van der Waals surface area contributed by atoms with Gasteiger partial charge in [0, 0.05) is 18.2 Å². The second-order valence-corrected chi connectivity index (χ2v) is 7.02. The number of esters is 1. The maximum Gasteiger partial charge on any atom is 0.306 e. The first-order chi connectivity index (χ1) is 12.9. The molecule has 0 spiro atoms. The summed E-state index contributed by atoms with van der Waals surface area (Å²) in [6, 6.07) is 8.09. The van der Waals surface area contributed by atoms with Gasteiger partial charge in [-0.2, -0.15) is 0 Å². The number of thiophene rings is 1. The van der Waals surface area contributed by atoms with Crippen molar-refractivity contribution in [3.63, 3.8) is 0 Å². The standard InChI is InChI=1S/C18H18ClNO6S/c1-24-13-5-3-11(9-14(13)25-2)20-17(22)10-26-18(23)8-4-12(21)15-6-7-16(19)27-15/h3,5-7,9H,4,8,10H2,1-2H3,(H,20,22). The highest BCUT2D eigenvalue weighted by molar-refractivity contribution is 7.18. The van der Waals surface area contributed by atoms with E-state index in [1.165, 1.54) is 14.2 Å². The van der Waals surface area contributed by atoms with Crippen LogP contribution in [0.3, 0.4) is 0 Å². The van der Waals surface area contributed by atoms with Crippen molar-refractivity contribution in [2.24, 2.45) is 0 Å². The second-order valence-electron chi connectivity index (χ2n) is 5.31. The fourth-order valence-corrected chi connectivity index (χ4v) is 3.14. The summed E-state index contributed by atoms with van der Waals surface area (Å²) in [5, 5.41) is 2.59. The van der Waals surface area contributed by atoms with Crippen LogP contribution in [0.1, 0.15) is 22.5 Å². The van der Waals surface area contributed by atoms with Crippen LogP contribution in [0.4, 0.5) is 5.69 Å². The van der Waals surface area contributed by atoms with E-state index in [0.29, 0.717) is 26.4 Å². The molecule has 0 bridgehead atoms. The minimum absolute atomic E-state index is 0.00697. The van der Waals surface area contributed by atoms with Gasteiger partial charge in [0.05, 0.1) is 29.9 Å². The molecule has 0 aliphatic rings. The smallest absolute Gasteiger partial charge is 0.306 e. The minimum Gasteiger partial charge on any atom is -0.493 e. The van der Waals surface area contributed by atoms with Gasteiger partial charge in [-0.3, -0.25) is 14.4 Å². The van der Waals surface area contributed by atoms with Crippen LogP contribution in [0.2, 0.25) is 4.34 Å². The highest BCUT2D eigenvalue weighted by Gasteiger charge is 2.14. The van der Waals surface area contributed by atoms with E-state index in [1.54, 1.807) is 30.3 Å². The van der Waals surface area contributed by atoms with Gasteiger partial charge < -0.3 is 19.5 Å². The third-order valence-corrected chi connectivity index (χ3v) is 4.71. The van der Waals surface area contributed by atoms with Gasteiger partial charge in [-0.25, -0.2) is 0 Å². The summed E-state index contributed by atoms with van der Waals surface area (Å²) in [6.07, 6.45) is -0.120. The molecule has 0 unspecified atom stereocenters. The molecule has 27 heavy (non-hydrogen) atoms. The van der Waals surface area contributed by atoms with E-state index in [-0.39, 0.29) is 18.6 Å². The molecule has 0 fully saturated rings. The summed E-state index contributed by atoms with van der Waals surface area (Å²) in [5.74, 6) is -0.350. The largest absolute Gasteiger partial charge is 0.493 e. The average molecular weight is 412 g/mol. The van der Waals surface area contributed by atoms with Crippen LogP contribution < -0.4 is 14.8 Å². The van der Waals surface area contributed by atoms with Crippen molar-refractivity contribution in [3.05, 3.63) is 39.5 Å². The van der Waals surface area contributed by atoms with Gasteiger partial charge in [0.15, 0.2) is 23.9 Å². The number of anilines is 1. The SMILES string of the molecule is COc1ccc(NC(=O)COC(=O)CCC(=O)c2ccc(Cl)s2)cc1OC. The number of benzene rings is 1. The monoisotopic (exact) mass is 411 g/mol. The predicted octanol–water partition coefficient (Wildman–Crippen LogP) is 3.56. The van der Waals surface area contributed by atoms with Crippen molar-refractivity contribution in [1.82, 2.24) is 0 Å². The Hall–Kier alpha value is -2.58. The summed E-state index contributed by atoms with van der Waals surface area (Å²) < 4.78 is 15.7. The quantitative estimate of drug-likeness (QED) is 0.501. The Kier molecular flexibility index (Phi) is 7.63. The van der Waals surface area contributed by atoms with Gasteiger partial charge in [-0.05, 0) is 24.3 Å². The first-order valence-corrected chi connectivity index (χ1v) is 9.08. The van der Waals surface area contributed by atoms with Crippen molar-refractivity contribution in [2.45, 2.75) is 12.8 Å². The number of Topliss-reactive ketones (excluding diaryl/α,β-unsaturated/α-hetero) is 1. The van der Waals surface area contributed by atoms with Crippen LogP contribution in [0.5, 0.6) is 11.5 Å². The van der Waals surface area contributed by atoms with E-state index >= 15 is 0 Å². The fourth-order valence-electron chi connectivity index (χ4n) is 2.13. The van der Waals surface area contributed by atoms with Gasteiger partial charge in [-0.15, -0.1) is 11.3 Å². The molecule has 7 nitrogen and oxygen atoms in total. The molecule has 0 atom stereocenters. The number of methoxy groups -OCH3 is 2. The molecule has 2 aromatic rings. The zero-order valence-corrected chi connectivity index (χ0v) is 16.3. The van der Waals surface area contributed by atoms with Gasteiger partial charge in [0.2, 0.25) is 0 Å². The molecule has 0 radical (unpaired) electrons. The van der Waals surface area contributed by atoms with Crippen LogP contribution >= 0.6 is 22.9 Å². The molecule has 2 rings (SSSR count). The topological polar surface area (TPSA) is 90.9 Å². The Morgan fingerprint density at radius 3 is 2.41 bits per heavy atom. The fraction of sp³-hybridized carbons (Fsp3) is 0.278. The van der Waals surface area contributed by atoms with E-state index in [0.717, 1.165) is 11.3 Å². The van der Waals surface area contributed by atoms with Crippen molar-refractivity contribution in [3.8, 4) is 11.5 Å². The predicted molar refractivity (Wildman–Crippen MR) is 102 cm³/mol. The van der Waals surface area contributed by atoms with Crippen LogP contribution in [0, 0.1) is 0 Å². The lowest BCUT2D eigenvalue weighted by atomic mass is 10.2. The number of ether oxygens (including phenoxy) is 3. The van der Waals surface area contributed by atoms with Crippen LogP contribution in [0.25, 0.3) is 0 Å². The average Bonchev–Trinajstić information content (AvgIpc) is 3.10. The summed E-state index contributed by atoms with van der Waals surface area (Å²) in [5.41, 5.74) is 0.471. The van der Waals surface area contributed by atoms with Crippen molar-refractivity contribution in [2.75, 3.05) is 26.1 Å². The number of rotatable bonds is 9. The Labute approximate surface area is 165 Å². The first-order valence-electron chi connectivity index (χ1n) is 7.89. The summed E-state index contributed by atoms with van der Waals surface area (Å²) >= 11 is 6.92. The number of carbonyl (C=O) groups excluding carboxylic acids is 3. The van der Waals surface area contributed by atoms with Crippen LogP contribution in [-0.2, 0) is 14.3 Å². The molecule has 0 aliphatic carbocycles. The number of hydrogen-bond donors (Lipinski definition) is 1.